The normalized spacial score (nSPS) is 20.5. The predicted octanol–water partition coefficient (Wildman–Crippen LogP) is 10.0. The maximum Gasteiger partial charge on any atom is 0.397 e. The van der Waals surface area contributed by atoms with Crippen LogP contribution in [0.3, 0.4) is 0 Å². The number of rotatable bonds is 41. The van der Waals surface area contributed by atoms with Crippen molar-refractivity contribution in [1.29, 1.82) is 0 Å². The van der Waals surface area contributed by atoms with E-state index in [0.29, 0.717) is 13.0 Å². The van der Waals surface area contributed by atoms with Crippen LogP contribution in [0.2, 0.25) is 0 Å². The Labute approximate surface area is 359 Å². The molecule has 59 heavy (non-hydrogen) atoms. The second-order valence-electron chi connectivity index (χ2n) is 16.4. The molecule has 1 rings (SSSR count). The Hall–Kier alpha value is -1.42. The summed E-state index contributed by atoms with van der Waals surface area (Å²) in [6.07, 6.45) is 33.8. The van der Waals surface area contributed by atoms with Crippen molar-refractivity contribution in [2.75, 3.05) is 26.4 Å². The topological polar surface area (TPSA) is 178 Å². The Morgan fingerprint density at radius 2 is 1.12 bits per heavy atom. The second-order valence-corrected chi connectivity index (χ2v) is 17.4. The highest BCUT2D eigenvalue weighted by molar-refractivity contribution is 7.80. The average molecular weight is 863 g/mol. The minimum atomic E-state index is -5.06. The number of ether oxygens (including phenoxy) is 4. The number of aliphatic hydroxyl groups excluding tert-OH is 3. The largest absolute Gasteiger partial charge is 0.457 e. The van der Waals surface area contributed by atoms with Gasteiger partial charge in [-0.15, -0.1) is 0 Å². The Balaban J connectivity index is 2.28. The molecule has 0 aliphatic carbocycles. The van der Waals surface area contributed by atoms with Crippen LogP contribution in [0.4, 0.5) is 0 Å². The van der Waals surface area contributed by atoms with Crippen LogP contribution in [0.25, 0.3) is 0 Å². The van der Waals surface area contributed by atoms with Gasteiger partial charge in [-0.1, -0.05) is 173 Å². The van der Waals surface area contributed by atoms with Crippen LogP contribution in [0.5, 0.6) is 0 Å². The molecule has 0 saturated carbocycles. The number of hydrogen-bond acceptors (Lipinski definition) is 11. The highest BCUT2D eigenvalue weighted by Crippen LogP contribution is 2.26. The van der Waals surface area contributed by atoms with Crippen LogP contribution in [-0.2, 0) is 38.3 Å². The van der Waals surface area contributed by atoms with Crippen LogP contribution in [0.15, 0.2) is 24.3 Å². The van der Waals surface area contributed by atoms with E-state index >= 15 is 0 Å². The minimum Gasteiger partial charge on any atom is -0.457 e. The van der Waals surface area contributed by atoms with E-state index < -0.39 is 59.8 Å². The fourth-order valence-electron chi connectivity index (χ4n) is 7.23. The lowest BCUT2D eigenvalue weighted by Gasteiger charge is -2.41. The standard InChI is InChI=1S/C46H86O12S/c1-3-5-7-9-11-13-14-15-16-17-18-19-20-21-22-23-24-25-26-27-28-30-32-34-36-54-38-40(56-42(48)35-33-31-29-12-10-8-6-4-2)39-55-46-44(50)45(58-59(51,52)53)43(49)41(37-47)57-46/h14-15,17-18,40-41,43-47,49-50H,3-13,16,19-39H2,1-2H3,(H,51,52,53)/b15-14-,18-17-. The lowest BCUT2D eigenvalue weighted by molar-refractivity contribution is -0.301. The summed E-state index contributed by atoms with van der Waals surface area (Å²) in [4.78, 5) is 12.7. The molecule has 6 unspecified atom stereocenters. The molecule has 1 saturated heterocycles. The Morgan fingerprint density at radius 1 is 0.644 bits per heavy atom. The van der Waals surface area contributed by atoms with Gasteiger partial charge in [0.05, 0.1) is 19.8 Å². The maximum absolute atomic E-state index is 12.7. The van der Waals surface area contributed by atoms with Crippen molar-refractivity contribution in [3.63, 3.8) is 0 Å². The number of hydrogen-bond donors (Lipinski definition) is 4. The van der Waals surface area contributed by atoms with Gasteiger partial charge in [-0.3, -0.25) is 9.35 Å². The number of aliphatic hydroxyl groups is 3. The molecular weight excluding hydrogens is 777 g/mol. The minimum absolute atomic E-state index is 0.0383. The predicted molar refractivity (Wildman–Crippen MR) is 234 cm³/mol. The van der Waals surface area contributed by atoms with Crippen molar-refractivity contribution in [2.45, 2.75) is 237 Å². The van der Waals surface area contributed by atoms with Crippen molar-refractivity contribution >= 4 is 16.4 Å². The monoisotopic (exact) mass is 863 g/mol. The van der Waals surface area contributed by atoms with E-state index in [1.807, 2.05) is 0 Å². The van der Waals surface area contributed by atoms with Gasteiger partial charge in [-0.2, -0.15) is 8.42 Å². The van der Waals surface area contributed by atoms with Gasteiger partial charge in [0.25, 0.3) is 0 Å². The van der Waals surface area contributed by atoms with E-state index in [2.05, 4.69) is 42.3 Å². The quantitative estimate of drug-likeness (QED) is 0.0198. The second kappa shape index (κ2) is 38.3. The number of unbranched alkanes of at least 4 members (excludes halogenated alkanes) is 24. The van der Waals surface area contributed by atoms with Gasteiger partial charge in [0.1, 0.15) is 30.5 Å². The third-order valence-electron chi connectivity index (χ3n) is 10.8. The summed E-state index contributed by atoms with van der Waals surface area (Å²) in [6, 6.07) is 0. The van der Waals surface area contributed by atoms with Crippen molar-refractivity contribution in [2.24, 2.45) is 0 Å². The smallest absolute Gasteiger partial charge is 0.397 e. The third kappa shape index (κ3) is 32.0. The first kappa shape index (κ1) is 55.6. The van der Waals surface area contributed by atoms with Gasteiger partial charge >= 0.3 is 16.4 Å². The van der Waals surface area contributed by atoms with E-state index in [1.165, 1.54) is 128 Å². The molecule has 0 aromatic carbocycles. The zero-order valence-electron chi connectivity index (χ0n) is 37.1. The zero-order chi connectivity index (χ0) is 43.2. The summed E-state index contributed by atoms with van der Waals surface area (Å²) >= 11 is 0. The highest BCUT2D eigenvalue weighted by Gasteiger charge is 2.48. The molecule has 0 aromatic heterocycles. The summed E-state index contributed by atoms with van der Waals surface area (Å²) < 4.78 is 58.9. The SMILES string of the molecule is CCCCCCC/C=C\C/C=C\CCCCCCCCCCCCCCOCC(COC1OC(CO)C(O)C(OS(=O)(=O)O)C1O)OC(=O)CCCCCCCCCC. The molecule has 4 N–H and O–H groups in total. The Kier molecular flexibility index (Phi) is 36.1. The van der Waals surface area contributed by atoms with Crippen LogP contribution < -0.4 is 0 Å². The van der Waals surface area contributed by atoms with E-state index in [9.17, 15) is 28.5 Å². The van der Waals surface area contributed by atoms with Gasteiger partial charge in [0.2, 0.25) is 0 Å². The molecule has 0 aromatic rings. The highest BCUT2D eigenvalue weighted by atomic mass is 32.3. The summed E-state index contributed by atoms with van der Waals surface area (Å²) in [5, 5.41) is 30.6. The molecule has 0 radical (unpaired) electrons. The summed E-state index contributed by atoms with van der Waals surface area (Å²) in [6.45, 7) is 3.95. The molecule has 1 aliphatic rings. The fourth-order valence-corrected chi connectivity index (χ4v) is 7.74. The molecule has 0 amide bonds. The third-order valence-corrected chi connectivity index (χ3v) is 11.3. The van der Waals surface area contributed by atoms with Crippen LogP contribution >= 0.6 is 0 Å². The fraction of sp³-hybridized carbons (Fsp3) is 0.891. The lowest BCUT2D eigenvalue weighted by Crippen LogP contribution is -2.60. The average Bonchev–Trinajstić information content (AvgIpc) is 3.21. The summed E-state index contributed by atoms with van der Waals surface area (Å²) in [7, 11) is -5.06. The van der Waals surface area contributed by atoms with Crippen LogP contribution in [-0.4, -0.2) is 97.5 Å². The molecule has 1 fully saturated rings. The van der Waals surface area contributed by atoms with E-state index in [4.69, 9.17) is 23.5 Å². The van der Waals surface area contributed by atoms with Gasteiger partial charge in [0.15, 0.2) is 6.29 Å². The molecule has 0 bridgehead atoms. The van der Waals surface area contributed by atoms with Gasteiger partial charge in [-0.05, 0) is 44.9 Å². The number of carbonyl (C=O) groups excluding carboxylic acids is 1. The first-order valence-corrected chi connectivity index (χ1v) is 25.0. The first-order chi connectivity index (χ1) is 28.6. The van der Waals surface area contributed by atoms with Crippen LogP contribution in [0, 0.1) is 0 Å². The van der Waals surface area contributed by atoms with Crippen LogP contribution in [0.1, 0.15) is 200 Å². The molecule has 348 valence electrons. The van der Waals surface area contributed by atoms with E-state index in [0.717, 1.165) is 44.9 Å². The molecular formula is C46H86O12S. The van der Waals surface area contributed by atoms with Gasteiger partial charge in [0, 0.05) is 13.0 Å². The maximum atomic E-state index is 12.7. The van der Waals surface area contributed by atoms with Crippen molar-refractivity contribution in [1.82, 2.24) is 0 Å². The van der Waals surface area contributed by atoms with Gasteiger partial charge < -0.3 is 34.3 Å². The molecule has 6 atom stereocenters. The van der Waals surface area contributed by atoms with E-state index in [-0.39, 0.29) is 19.6 Å². The molecule has 1 aliphatic heterocycles. The number of carbonyl (C=O) groups is 1. The number of esters is 1. The van der Waals surface area contributed by atoms with Crippen molar-refractivity contribution in [3.8, 4) is 0 Å². The first-order valence-electron chi connectivity index (χ1n) is 23.6. The van der Waals surface area contributed by atoms with Crippen molar-refractivity contribution < 1.29 is 56.2 Å². The molecule has 1 heterocycles. The zero-order valence-corrected chi connectivity index (χ0v) is 37.9. The van der Waals surface area contributed by atoms with E-state index in [1.54, 1.807) is 0 Å². The summed E-state index contributed by atoms with van der Waals surface area (Å²) in [5.74, 6) is -0.403. The lowest BCUT2D eigenvalue weighted by atomic mass is 9.99. The van der Waals surface area contributed by atoms with Crippen molar-refractivity contribution in [3.05, 3.63) is 24.3 Å². The Morgan fingerprint density at radius 3 is 1.61 bits per heavy atom. The number of allylic oxidation sites excluding steroid dienone is 4. The molecule has 0 spiro atoms. The van der Waals surface area contributed by atoms with Gasteiger partial charge in [-0.25, -0.2) is 4.18 Å². The molecule has 13 heteroatoms. The Bertz CT molecular complexity index is 1130. The molecule has 12 nitrogen and oxygen atoms in total. The summed E-state index contributed by atoms with van der Waals surface area (Å²) in [5.41, 5.74) is 0.